The van der Waals surface area contributed by atoms with Gasteiger partial charge in [-0.3, -0.25) is 9.59 Å². The molecule has 1 saturated heterocycles. The molecule has 2 aromatic rings. The van der Waals surface area contributed by atoms with Gasteiger partial charge in [-0.2, -0.15) is 18.3 Å². The average molecular weight is 419 g/mol. The van der Waals surface area contributed by atoms with Gasteiger partial charge < -0.3 is 9.80 Å². The summed E-state index contributed by atoms with van der Waals surface area (Å²) < 4.78 is 52.7. The van der Waals surface area contributed by atoms with Gasteiger partial charge in [0.25, 0.3) is 5.56 Å². The number of amides is 1. The lowest BCUT2D eigenvalue weighted by Gasteiger charge is -2.36. The van der Waals surface area contributed by atoms with E-state index in [0.29, 0.717) is 17.4 Å². The number of carbonyl (C=O) groups is 1. The summed E-state index contributed by atoms with van der Waals surface area (Å²) in [4.78, 5) is 27.0. The highest BCUT2D eigenvalue weighted by Crippen LogP contribution is 2.33. The molecule has 0 aliphatic carbocycles. The maximum absolute atomic E-state index is 13.2. The van der Waals surface area contributed by atoms with Crippen molar-refractivity contribution >= 4 is 23.2 Å². The molecule has 0 atom stereocenters. The molecular formula is C17H15ClF4N4O2. The van der Waals surface area contributed by atoms with Crippen molar-refractivity contribution in [3.8, 4) is 0 Å². The lowest BCUT2D eigenvalue weighted by Crippen LogP contribution is -2.50. The van der Waals surface area contributed by atoms with Crippen LogP contribution >= 0.6 is 11.6 Å². The van der Waals surface area contributed by atoms with Gasteiger partial charge in [0.05, 0.1) is 23.5 Å². The smallest absolute Gasteiger partial charge is 0.358 e. The standard InChI is InChI=1S/C17H15ClF4N4O2/c1-9-15(14(18)16(28)24-23-9)26-5-4-25(13(27)8-26)7-10-2-3-11(19)6-12(10)17(20,21)22/h2-3,6H,4-5,7-8H2,1H3,(H,24,28). The molecule has 0 radical (unpaired) electrons. The van der Waals surface area contributed by atoms with Crippen molar-refractivity contribution in [2.24, 2.45) is 0 Å². The summed E-state index contributed by atoms with van der Waals surface area (Å²) in [7, 11) is 0. The largest absolute Gasteiger partial charge is 0.416 e. The Kier molecular flexibility index (Phi) is 5.33. The number of benzene rings is 1. The van der Waals surface area contributed by atoms with Crippen LogP contribution in [0.4, 0.5) is 23.2 Å². The van der Waals surface area contributed by atoms with E-state index >= 15 is 0 Å². The molecule has 1 aliphatic heterocycles. The van der Waals surface area contributed by atoms with Crippen LogP contribution in [0.15, 0.2) is 23.0 Å². The minimum Gasteiger partial charge on any atom is -0.358 e. The van der Waals surface area contributed by atoms with Crippen LogP contribution in [0.5, 0.6) is 0 Å². The second-order valence-corrected chi connectivity index (χ2v) is 6.71. The van der Waals surface area contributed by atoms with Crippen molar-refractivity contribution in [1.82, 2.24) is 15.1 Å². The van der Waals surface area contributed by atoms with Gasteiger partial charge in [-0.05, 0) is 24.6 Å². The molecule has 11 heteroatoms. The average Bonchev–Trinajstić information content (AvgIpc) is 2.61. The molecule has 150 valence electrons. The Morgan fingerprint density at radius 1 is 1.25 bits per heavy atom. The normalized spacial score (nSPS) is 15.3. The van der Waals surface area contributed by atoms with E-state index < -0.39 is 29.0 Å². The number of hydrogen-bond donors (Lipinski definition) is 1. The van der Waals surface area contributed by atoms with Crippen molar-refractivity contribution in [3.05, 3.63) is 56.2 Å². The van der Waals surface area contributed by atoms with Crippen LogP contribution in [0, 0.1) is 12.7 Å². The Labute approximate surface area is 161 Å². The summed E-state index contributed by atoms with van der Waals surface area (Å²) in [6.45, 7) is 1.49. The van der Waals surface area contributed by atoms with Gasteiger partial charge in [-0.15, -0.1) is 0 Å². The van der Waals surface area contributed by atoms with E-state index in [1.807, 2.05) is 0 Å². The van der Waals surface area contributed by atoms with Crippen molar-refractivity contribution in [2.45, 2.75) is 19.6 Å². The molecule has 0 spiro atoms. The number of alkyl halides is 3. The van der Waals surface area contributed by atoms with Crippen LogP contribution < -0.4 is 10.5 Å². The first-order valence-corrected chi connectivity index (χ1v) is 8.59. The fourth-order valence-corrected chi connectivity index (χ4v) is 3.39. The van der Waals surface area contributed by atoms with Gasteiger partial charge >= 0.3 is 6.18 Å². The number of anilines is 1. The molecule has 2 heterocycles. The van der Waals surface area contributed by atoms with Gasteiger partial charge in [0.1, 0.15) is 10.8 Å². The number of hydrogen-bond acceptors (Lipinski definition) is 4. The predicted octanol–water partition coefficient (Wildman–Crippen LogP) is 2.74. The molecule has 1 aromatic carbocycles. The maximum atomic E-state index is 13.2. The first kappa shape index (κ1) is 20.1. The summed E-state index contributed by atoms with van der Waals surface area (Å²) in [5.74, 6) is -1.45. The summed E-state index contributed by atoms with van der Waals surface area (Å²) >= 11 is 6.02. The van der Waals surface area contributed by atoms with Crippen LogP contribution in [0.3, 0.4) is 0 Å². The third kappa shape index (κ3) is 3.96. The zero-order valence-corrected chi connectivity index (χ0v) is 15.4. The van der Waals surface area contributed by atoms with Crippen molar-refractivity contribution in [1.29, 1.82) is 0 Å². The minimum atomic E-state index is -4.73. The van der Waals surface area contributed by atoms with E-state index in [1.54, 1.807) is 11.8 Å². The van der Waals surface area contributed by atoms with E-state index in [0.717, 1.165) is 12.1 Å². The highest BCUT2D eigenvalue weighted by Gasteiger charge is 2.35. The molecule has 1 N–H and O–H groups in total. The highest BCUT2D eigenvalue weighted by molar-refractivity contribution is 6.33. The lowest BCUT2D eigenvalue weighted by atomic mass is 10.1. The number of aromatic nitrogens is 2. The van der Waals surface area contributed by atoms with Crippen LogP contribution in [-0.2, 0) is 17.5 Å². The zero-order chi connectivity index (χ0) is 20.6. The van der Waals surface area contributed by atoms with E-state index in [9.17, 15) is 27.2 Å². The van der Waals surface area contributed by atoms with Gasteiger partial charge in [0.2, 0.25) is 5.91 Å². The Balaban J connectivity index is 1.81. The molecular weight excluding hydrogens is 404 g/mol. The van der Waals surface area contributed by atoms with Crippen molar-refractivity contribution in [3.63, 3.8) is 0 Å². The number of aryl methyl sites for hydroxylation is 1. The quantitative estimate of drug-likeness (QED) is 0.778. The van der Waals surface area contributed by atoms with E-state index in [-0.39, 0.29) is 36.8 Å². The Bertz CT molecular complexity index is 977. The van der Waals surface area contributed by atoms with E-state index in [4.69, 9.17) is 11.6 Å². The fraction of sp³-hybridized carbons (Fsp3) is 0.353. The molecule has 6 nitrogen and oxygen atoms in total. The number of H-pyrrole nitrogens is 1. The van der Waals surface area contributed by atoms with E-state index in [2.05, 4.69) is 10.2 Å². The molecule has 3 rings (SSSR count). The first-order chi connectivity index (χ1) is 13.1. The maximum Gasteiger partial charge on any atom is 0.416 e. The summed E-state index contributed by atoms with van der Waals surface area (Å²) in [6, 6.07) is 2.37. The van der Waals surface area contributed by atoms with Crippen molar-refractivity contribution < 1.29 is 22.4 Å². The third-order valence-corrected chi connectivity index (χ3v) is 4.80. The minimum absolute atomic E-state index is 0.105. The van der Waals surface area contributed by atoms with Gasteiger partial charge in [0.15, 0.2) is 0 Å². The van der Waals surface area contributed by atoms with Crippen molar-refractivity contribution in [2.75, 3.05) is 24.5 Å². The van der Waals surface area contributed by atoms with Crippen LogP contribution in [0.2, 0.25) is 5.02 Å². The monoisotopic (exact) mass is 418 g/mol. The van der Waals surface area contributed by atoms with E-state index in [1.165, 1.54) is 4.90 Å². The van der Waals surface area contributed by atoms with Crippen LogP contribution in [0.1, 0.15) is 16.8 Å². The molecule has 1 aliphatic rings. The Morgan fingerprint density at radius 3 is 2.61 bits per heavy atom. The Morgan fingerprint density at radius 2 is 1.96 bits per heavy atom. The number of aromatic amines is 1. The van der Waals surface area contributed by atoms with Crippen LogP contribution in [0.25, 0.3) is 0 Å². The molecule has 1 fully saturated rings. The SMILES string of the molecule is Cc1n[nH]c(=O)c(Cl)c1N1CCN(Cc2ccc(F)cc2C(F)(F)F)C(=O)C1. The highest BCUT2D eigenvalue weighted by atomic mass is 35.5. The molecule has 28 heavy (non-hydrogen) atoms. The zero-order valence-electron chi connectivity index (χ0n) is 14.6. The summed E-state index contributed by atoms with van der Waals surface area (Å²) in [6.07, 6.45) is -4.73. The molecule has 0 bridgehead atoms. The number of rotatable bonds is 3. The number of piperazine rings is 1. The Hall–Kier alpha value is -2.62. The van der Waals surface area contributed by atoms with Crippen LogP contribution in [-0.4, -0.2) is 40.6 Å². The summed E-state index contributed by atoms with van der Waals surface area (Å²) in [5.41, 5.74) is -1.17. The van der Waals surface area contributed by atoms with Gasteiger partial charge in [-0.25, -0.2) is 9.49 Å². The fourth-order valence-electron chi connectivity index (χ4n) is 3.09. The topological polar surface area (TPSA) is 69.3 Å². The number of nitrogens with zero attached hydrogens (tertiary/aromatic N) is 3. The number of halogens is 5. The van der Waals surface area contributed by atoms with Gasteiger partial charge in [-0.1, -0.05) is 17.7 Å². The molecule has 0 saturated carbocycles. The third-order valence-electron chi connectivity index (χ3n) is 4.45. The first-order valence-electron chi connectivity index (χ1n) is 8.21. The lowest BCUT2D eigenvalue weighted by molar-refractivity contribution is -0.140. The second kappa shape index (κ2) is 7.42. The molecule has 1 amide bonds. The number of nitrogens with one attached hydrogen (secondary N) is 1. The second-order valence-electron chi connectivity index (χ2n) is 6.34. The van der Waals surface area contributed by atoms with Gasteiger partial charge in [0, 0.05) is 19.6 Å². The molecule has 1 aromatic heterocycles. The number of carbonyl (C=O) groups excluding carboxylic acids is 1. The summed E-state index contributed by atoms with van der Waals surface area (Å²) in [5, 5.41) is 5.95. The molecule has 0 unspecified atom stereocenters. The predicted molar refractivity (Wildman–Crippen MR) is 93.6 cm³/mol.